The molecule has 0 unspecified atom stereocenters. The van der Waals surface area contributed by atoms with Gasteiger partial charge in [-0.15, -0.1) is 0 Å². The zero-order chi connectivity index (χ0) is 13.6. The van der Waals surface area contributed by atoms with Crippen LogP contribution in [0.25, 0.3) is 0 Å². The molecule has 0 aromatic heterocycles. The molecule has 0 aromatic carbocycles. The monoisotopic (exact) mass is 271 g/mol. The molecule has 0 radical (unpaired) electrons. The van der Waals surface area contributed by atoms with E-state index >= 15 is 0 Å². The fourth-order valence-electron chi connectivity index (χ4n) is 1.96. The highest BCUT2D eigenvalue weighted by molar-refractivity contribution is 7.78. The summed E-state index contributed by atoms with van der Waals surface area (Å²) in [6.45, 7) is 6.42. The third-order valence-electron chi connectivity index (χ3n) is 3.15. The van der Waals surface area contributed by atoms with Gasteiger partial charge in [-0.1, -0.05) is 84.1 Å². The van der Waals surface area contributed by atoms with Gasteiger partial charge in [-0.2, -0.15) is 0 Å². The van der Waals surface area contributed by atoms with Gasteiger partial charge in [-0.3, -0.25) is 9.10 Å². The fraction of sp³-hybridized carbons (Fsp3) is 0.800. The maximum absolute atomic E-state index is 11.1. The predicted molar refractivity (Wildman–Crippen MR) is 82.7 cm³/mol. The van der Waals surface area contributed by atoms with E-state index in [0.29, 0.717) is 0 Å². The lowest BCUT2D eigenvalue weighted by atomic mass is 10.1. The minimum absolute atomic E-state index is 0.103. The van der Waals surface area contributed by atoms with E-state index in [1.54, 1.807) is 0 Å². The van der Waals surface area contributed by atoms with Crippen molar-refractivity contribution in [2.45, 2.75) is 71.1 Å². The summed E-state index contributed by atoms with van der Waals surface area (Å²) in [5.41, 5.74) is 0. The number of hydrogen-bond donors (Lipinski definition) is 1. The molecular weight excluding hydrogens is 242 g/mol. The highest BCUT2D eigenvalue weighted by Gasteiger charge is 2.03. The standard InChI is InChI=1S/C15H29NOS/c1-3-5-6-7-8-9-10-11-12-13-14-16(18)15(17)4-2/h4,18H,2-3,5-14H2,1H3. The third-order valence-corrected chi connectivity index (χ3v) is 3.55. The fourth-order valence-corrected chi connectivity index (χ4v) is 2.19. The van der Waals surface area contributed by atoms with E-state index in [4.69, 9.17) is 0 Å². The number of nitrogens with zero attached hydrogens (tertiary/aromatic N) is 1. The van der Waals surface area contributed by atoms with E-state index in [1.807, 2.05) is 0 Å². The second-order valence-electron chi connectivity index (χ2n) is 4.85. The lowest BCUT2D eigenvalue weighted by Gasteiger charge is -2.12. The first-order chi connectivity index (χ1) is 8.72. The maximum atomic E-state index is 11.1. The van der Waals surface area contributed by atoms with E-state index in [2.05, 4.69) is 26.3 Å². The Morgan fingerprint density at radius 3 is 1.89 bits per heavy atom. The molecule has 0 rings (SSSR count). The van der Waals surface area contributed by atoms with Crippen molar-refractivity contribution in [3.8, 4) is 0 Å². The summed E-state index contributed by atoms with van der Waals surface area (Å²) in [6.07, 6.45) is 14.4. The van der Waals surface area contributed by atoms with Gasteiger partial charge in [0.05, 0.1) is 0 Å². The Morgan fingerprint density at radius 1 is 1.00 bits per heavy atom. The average Bonchev–Trinajstić information content (AvgIpc) is 2.39. The predicted octanol–water partition coefficient (Wildman–Crippen LogP) is 4.77. The summed E-state index contributed by atoms with van der Waals surface area (Å²) in [4.78, 5) is 11.1. The Labute approximate surface area is 118 Å². The summed E-state index contributed by atoms with van der Waals surface area (Å²) in [5, 5.41) is 0. The summed E-state index contributed by atoms with van der Waals surface area (Å²) < 4.78 is 1.44. The highest BCUT2D eigenvalue weighted by atomic mass is 32.1. The van der Waals surface area contributed by atoms with Gasteiger partial charge in [-0.25, -0.2) is 0 Å². The van der Waals surface area contributed by atoms with E-state index in [-0.39, 0.29) is 5.91 Å². The molecule has 0 aliphatic rings. The van der Waals surface area contributed by atoms with Crippen LogP contribution in [-0.4, -0.2) is 16.8 Å². The van der Waals surface area contributed by atoms with Gasteiger partial charge >= 0.3 is 0 Å². The van der Waals surface area contributed by atoms with Crippen molar-refractivity contribution in [2.24, 2.45) is 0 Å². The van der Waals surface area contributed by atoms with Crippen molar-refractivity contribution < 1.29 is 4.79 Å². The maximum Gasteiger partial charge on any atom is 0.255 e. The van der Waals surface area contributed by atoms with Gasteiger partial charge in [0.25, 0.3) is 5.91 Å². The normalized spacial score (nSPS) is 10.3. The van der Waals surface area contributed by atoms with Crippen LogP contribution < -0.4 is 0 Å². The van der Waals surface area contributed by atoms with Crippen LogP contribution in [0.4, 0.5) is 0 Å². The highest BCUT2D eigenvalue weighted by Crippen LogP contribution is 2.11. The first-order valence-electron chi connectivity index (χ1n) is 7.35. The molecule has 0 saturated heterocycles. The topological polar surface area (TPSA) is 20.3 Å². The van der Waals surface area contributed by atoms with Gasteiger partial charge in [-0.05, 0) is 12.5 Å². The van der Waals surface area contributed by atoms with Gasteiger partial charge in [0.1, 0.15) is 0 Å². The molecule has 106 valence electrons. The second kappa shape index (κ2) is 13.0. The Kier molecular flexibility index (Phi) is 12.7. The minimum Gasteiger partial charge on any atom is -0.286 e. The number of thiol groups is 1. The van der Waals surface area contributed by atoms with Gasteiger partial charge in [0.15, 0.2) is 0 Å². The summed E-state index contributed by atoms with van der Waals surface area (Å²) in [7, 11) is 0. The van der Waals surface area contributed by atoms with Gasteiger partial charge < -0.3 is 0 Å². The molecule has 0 aromatic rings. The van der Waals surface area contributed by atoms with Crippen molar-refractivity contribution in [3.05, 3.63) is 12.7 Å². The molecule has 0 N–H and O–H groups in total. The third kappa shape index (κ3) is 10.7. The molecule has 1 amide bonds. The smallest absolute Gasteiger partial charge is 0.255 e. The van der Waals surface area contributed by atoms with Crippen molar-refractivity contribution >= 4 is 18.7 Å². The Balaban J connectivity index is 3.16. The van der Waals surface area contributed by atoms with E-state index in [1.165, 1.54) is 68.2 Å². The number of carbonyl (C=O) groups excluding carboxylic acids is 1. The zero-order valence-electron chi connectivity index (χ0n) is 11.9. The molecule has 0 saturated carbocycles. The van der Waals surface area contributed by atoms with Crippen molar-refractivity contribution in [3.63, 3.8) is 0 Å². The molecule has 0 fully saturated rings. The van der Waals surface area contributed by atoms with Crippen LogP contribution in [-0.2, 0) is 4.79 Å². The van der Waals surface area contributed by atoms with Crippen molar-refractivity contribution in [1.29, 1.82) is 0 Å². The number of carbonyl (C=O) groups is 1. The van der Waals surface area contributed by atoms with Crippen LogP contribution >= 0.6 is 12.8 Å². The number of rotatable bonds is 12. The van der Waals surface area contributed by atoms with Crippen LogP contribution in [0.5, 0.6) is 0 Å². The van der Waals surface area contributed by atoms with Crippen LogP contribution in [0, 0.1) is 0 Å². The molecule has 0 bridgehead atoms. The molecular formula is C15H29NOS. The van der Waals surface area contributed by atoms with Crippen LogP contribution in [0.3, 0.4) is 0 Å². The molecule has 0 atom stereocenters. The average molecular weight is 271 g/mol. The van der Waals surface area contributed by atoms with Crippen LogP contribution in [0.2, 0.25) is 0 Å². The quantitative estimate of drug-likeness (QED) is 0.308. The van der Waals surface area contributed by atoms with Gasteiger partial charge in [0.2, 0.25) is 0 Å². The van der Waals surface area contributed by atoms with E-state index < -0.39 is 0 Å². The number of amides is 1. The molecule has 0 aliphatic heterocycles. The Hall–Kier alpha value is -0.440. The molecule has 3 heteroatoms. The lowest BCUT2D eigenvalue weighted by Crippen LogP contribution is -2.20. The number of unbranched alkanes of at least 4 members (excludes halogenated alkanes) is 9. The first kappa shape index (κ1) is 17.6. The number of hydrogen-bond acceptors (Lipinski definition) is 2. The Bertz CT molecular complexity index is 219. The van der Waals surface area contributed by atoms with E-state index in [0.717, 1.165) is 13.0 Å². The van der Waals surface area contributed by atoms with Crippen molar-refractivity contribution in [1.82, 2.24) is 4.31 Å². The molecule has 0 heterocycles. The zero-order valence-corrected chi connectivity index (χ0v) is 12.8. The summed E-state index contributed by atoms with van der Waals surface area (Å²) in [6, 6.07) is 0. The molecule has 2 nitrogen and oxygen atoms in total. The van der Waals surface area contributed by atoms with E-state index in [9.17, 15) is 4.79 Å². The summed E-state index contributed by atoms with van der Waals surface area (Å²) >= 11 is 4.11. The molecule has 18 heavy (non-hydrogen) atoms. The second-order valence-corrected chi connectivity index (χ2v) is 5.33. The molecule has 0 aliphatic carbocycles. The Morgan fingerprint density at radius 2 is 1.44 bits per heavy atom. The summed E-state index contributed by atoms with van der Waals surface area (Å²) in [5.74, 6) is -0.103. The lowest BCUT2D eigenvalue weighted by molar-refractivity contribution is -0.121. The van der Waals surface area contributed by atoms with Crippen LogP contribution in [0.1, 0.15) is 71.1 Å². The van der Waals surface area contributed by atoms with Crippen LogP contribution in [0.15, 0.2) is 12.7 Å². The largest absolute Gasteiger partial charge is 0.286 e. The molecule has 0 spiro atoms. The van der Waals surface area contributed by atoms with Gasteiger partial charge in [0, 0.05) is 6.54 Å². The SMILES string of the molecule is C=CC(=O)N(S)CCCCCCCCCCCC. The van der Waals surface area contributed by atoms with Crippen molar-refractivity contribution in [2.75, 3.05) is 6.54 Å². The first-order valence-corrected chi connectivity index (χ1v) is 7.75. The minimum atomic E-state index is -0.103.